The van der Waals surface area contributed by atoms with E-state index >= 15 is 0 Å². The summed E-state index contributed by atoms with van der Waals surface area (Å²) in [5.74, 6) is 0. The maximum Gasteiger partial charge on any atom is 0.267 e. The summed E-state index contributed by atoms with van der Waals surface area (Å²) in [4.78, 5) is 0. The van der Waals surface area contributed by atoms with Gasteiger partial charge in [0.1, 0.15) is 0 Å². The van der Waals surface area contributed by atoms with Crippen molar-refractivity contribution < 1.29 is 5.11 Å². The smallest absolute Gasteiger partial charge is 0.267 e. The first-order valence-electron chi connectivity index (χ1n) is 2.21. The van der Waals surface area contributed by atoms with Gasteiger partial charge in [-0.1, -0.05) is 23.2 Å². The molecule has 1 aliphatic heterocycles. The van der Waals surface area contributed by atoms with E-state index in [1.54, 1.807) is 0 Å². The lowest BCUT2D eigenvalue weighted by molar-refractivity contribution is 0.136. The third-order valence-corrected chi connectivity index (χ3v) is 1.61. The Kier molecular flexibility index (Phi) is 1.66. The summed E-state index contributed by atoms with van der Waals surface area (Å²) in [5, 5.41) is 10.8. The fourth-order valence-corrected chi connectivity index (χ4v) is 0.600. The zero-order valence-electron chi connectivity index (χ0n) is 4.31. The number of nitrogens with zero attached hydrogens (tertiary/aromatic N) is 1. The maximum absolute atomic E-state index is 8.98. The molecule has 2 N–H and O–H groups in total. The van der Waals surface area contributed by atoms with Gasteiger partial charge in [-0.15, -0.1) is 0 Å². The number of allylic oxidation sites excluding steroid dienone is 1. The van der Waals surface area contributed by atoms with Gasteiger partial charge in [0, 0.05) is 6.21 Å². The summed E-state index contributed by atoms with van der Waals surface area (Å²) in [6.07, 6.45) is 2.81. The van der Waals surface area contributed by atoms with Crippen LogP contribution in [0.2, 0.25) is 0 Å². The number of hydrazone groups is 1. The second kappa shape index (κ2) is 2.17. The predicted octanol–water partition coefficient (Wildman–Crippen LogP) is 0.583. The number of aliphatic hydroxyl groups is 1. The molecule has 1 rings (SSSR count). The van der Waals surface area contributed by atoms with Crippen molar-refractivity contribution in [3.8, 4) is 0 Å². The first-order chi connectivity index (χ1) is 4.13. The lowest BCUT2D eigenvalue weighted by atomic mass is 10.4. The zero-order valence-corrected chi connectivity index (χ0v) is 5.82. The Morgan fingerprint density at radius 1 is 1.78 bits per heavy atom. The van der Waals surface area contributed by atoms with Gasteiger partial charge in [-0.05, 0) is 6.08 Å². The Morgan fingerprint density at radius 3 is 2.78 bits per heavy atom. The minimum absolute atomic E-state index is 0.110. The molecule has 0 saturated carbocycles. The summed E-state index contributed by atoms with van der Waals surface area (Å²) in [6, 6.07) is 0. The number of hydrogen-bond acceptors (Lipinski definition) is 3. The Labute approximate surface area is 62.0 Å². The van der Waals surface area contributed by atoms with E-state index < -0.39 is 5.18 Å². The minimum atomic E-state index is -1.71. The van der Waals surface area contributed by atoms with E-state index in [9.17, 15) is 0 Å². The van der Waals surface area contributed by atoms with Crippen molar-refractivity contribution in [3.63, 3.8) is 0 Å². The van der Waals surface area contributed by atoms with Gasteiger partial charge in [-0.3, -0.25) is 5.43 Å². The number of alkyl halides is 1. The van der Waals surface area contributed by atoms with Crippen LogP contribution in [0.15, 0.2) is 16.2 Å². The van der Waals surface area contributed by atoms with E-state index in [-0.39, 0.29) is 5.03 Å². The lowest BCUT2D eigenvalue weighted by Crippen LogP contribution is -2.38. The first kappa shape index (κ1) is 6.86. The van der Waals surface area contributed by atoms with E-state index in [1.165, 1.54) is 12.3 Å². The molecule has 9 heavy (non-hydrogen) atoms. The molecule has 0 fully saturated rings. The van der Waals surface area contributed by atoms with Gasteiger partial charge in [0.05, 0.1) is 5.03 Å². The third kappa shape index (κ3) is 1.36. The van der Waals surface area contributed by atoms with Gasteiger partial charge < -0.3 is 5.11 Å². The number of hydrogen-bond donors (Lipinski definition) is 2. The first-order valence-corrected chi connectivity index (χ1v) is 2.96. The summed E-state index contributed by atoms with van der Waals surface area (Å²) >= 11 is 10.8. The molecular weight excluding hydrogens is 163 g/mol. The highest BCUT2D eigenvalue weighted by Crippen LogP contribution is 2.23. The monoisotopic (exact) mass is 166 g/mol. The van der Waals surface area contributed by atoms with Gasteiger partial charge in [-0.25, -0.2) is 0 Å². The molecule has 0 aromatic heterocycles. The van der Waals surface area contributed by atoms with Crippen molar-refractivity contribution in [2.75, 3.05) is 0 Å². The maximum atomic E-state index is 8.98. The van der Waals surface area contributed by atoms with Gasteiger partial charge in [0.15, 0.2) is 0 Å². The van der Waals surface area contributed by atoms with Crippen LogP contribution >= 0.6 is 23.2 Å². The Bertz CT molecular complexity index is 175. The molecule has 0 amide bonds. The third-order valence-electron chi connectivity index (χ3n) is 0.825. The molecule has 0 saturated heterocycles. The molecule has 3 nitrogen and oxygen atoms in total. The fourth-order valence-electron chi connectivity index (χ4n) is 0.389. The average molecular weight is 167 g/mol. The van der Waals surface area contributed by atoms with Crippen molar-refractivity contribution >= 4 is 29.4 Å². The second-order valence-corrected chi connectivity index (χ2v) is 2.48. The lowest BCUT2D eigenvalue weighted by Gasteiger charge is -2.20. The quantitative estimate of drug-likeness (QED) is 0.409. The highest BCUT2D eigenvalue weighted by molar-refractivity contribution is 6.39. The van der Waals surface area contributed by atoms with E-state index in [2.05, 4.69) is 10.5 Å². The molecule has 1 unspecified atom stereocenters. The van der Waals surface area contributed by atoms with Crippen LogP contribution in [0, 0.1) is 0 Å². The number of rotatable bonds is 0. The van der Waals surface area contributed by atoms with E-state index in [0.717, 1.165) is 0 Å². The van der Waals surface area contributed by atoms with Gasteiger partial charge in [0.25, 0.3) is 5.18 Å². The van der Waals surface area contributed by atoms with Crippen LogP contribution in [-0.4, -0.2) is 16.5 Å². The summed E-state index contributed by atoms with van der Waals surface area (Å²) in [6.45, 7) is 0. The zero-order chi connectivity index (χ0) is 6.91. The largest absolute Gasteiger partial charge is 0.353 e. The molecule has 0 radical (unpaired) electrons. The van der Waals surface area contributed by atoms with Crippen molar-refractivity contribution in [1.82, 2.24) is 5.43 Å². The molecule has 0 aromatic carbocycles. The molecule has 0 bridgehead atoms. The topological polar surface area (TPSA) is 44.6 Å². The minimum Gasteiger partial charge on any atom is -0.353 e. The molecule has 1 heterocycles. The Balaban J connectivity index is 2.83. The van der Waals surface area contributed by atoms with Crippen molar-refractivity contribution in [2.45, 2.75) is 5.18 Å². The standard InChI is InChI=1S/C4H4Cl2N2O/c5-3-1-2-7-8-4(3,6)9/h1-2,8-9H. The Hall–Kier alpha value is -0.250. The highest BCUT2D eigenvalue weighted by Gasteiger charge is 2.28. The van der Waals surface area contributed by atoms with Crippen LogP contribution in [0.1, 0.15) is 0 Å². The second-order valence-electron chi connectivity index (χ2n) is 1.53. The molecule has 0 spiro atoms. The van der Waals surface area contributed by atoms with Crippen molar-refractivity contribution in [2.24, 2.45) is 5.10 Å². The normalized spacial score (nSPS) is 33.4. The molecule has 0 aromatic rings. The van der Waals surface area contributed by atoms with Crippen LogP contribution in [0.5, 0.6) is 0 Å². The molecule has 0 aliphatic carbocycles. The average Bonchev–Trinajstić information content (AvgIpc) is 1.77. The number of halogens is 2. The van der Waals surface area contributed by atoms with Gasteiger partial charge >= 0.3 is 0 Å². The number of nitrogens with one attached hydrogen (secondary N) is 1. The van der Waals surface area contributed by atoms with Crippen LogP contribution in [0.3, 0.4) is 0 Å². The van der Waals surface area contributed by atoms with E-state index in [0.29, 0.717) is 0 Å². The van der Waals surface area contributed by atoms with E-state index in [1.807, 2.05) is 0 Å². The van der Waals surface area contributed by atoms with Gasteiger partial charge in [0.2, 0.25) is 0 Å². The van der Waals surface area contributed by atoms with Crippen LogP contribution in [0.25, 0.3) is 0 Å². The summed E-state index contributed by atoms with van der Waals surface area (Å²) < 4.78 is 0. The van der Waals surface area contributed by atoms with Crippen molar-refractivity contribution in [3.05, 3.63) is 11.1 Å². The molecular formula is C4H4Cl2N2O. The summed E-state index contributed by atoms with van der Waals surface area (Å²) in [5.41, 5.74) is 2.20. The van der Waals surface area contributed by atoms with Gasteiger partial charge in [-0.2, -0.15) is 5.10 Å². The van der Waals surface area contributed by atoms with Crippen LogP contribution < -0.4 is 5.43 Å². The molecule has 1 atom stereocenters. The van der Waals surface area contributed by atoms with Crippen molar-refractivity contribution in [1.29, 1.82) is 0 Å². The van der Waals surface area contributed by atoms with E-state index in [4.69, 9.17) is 28.3 Å². The predicted molar refractivity (Wildman–Crippen MR) is 36.4 cm³/mol. The molecule has 1 aliphatic rings. The SMILES string of the molecule is OC1(Cl)NN=CC=C1Cl. The molecule has 5 heteroatoms. The molecule has 50 valence electrons. The fraction of sp³-hybridized carbons (Fsp3) is 0.250. The Morgan fingerprint density at radius 2 is 2.44 bits per heavy atom. The highest BCUT2D eigenvalue weighted by atomic mass is 35.5. The van der Waals surface area contributed by atoms with Crippen LogP contribution in [0.4, 0.5) is 0 Å². The summed E-state index contributed by atoms with van der Waals surface area (Å²) in [7, 11) is 0. The van der Waals surface area contributed by atoms with Crippen LogP contribution in [-0.2, 0) is 0 Å².